The lowest BCUT2D eigenvalue weighted by Gasteiger charge is -2.27. The molecule has 0 fully saturated rings. The van der Waals surface area contributed by atoms with Gasteiger partial charge in [0.2, 0.25) is 0 Å². The molecule has 0 aliphatic rings. The van der Waals surface area contributed by atoms with Gasteiger partial charge in [-0.2, -0.15) is 0 Å². The summed E-state index contributed by atoms with van der Waals surface area (Å²) in [6.45, 7) is 5.46. The Morgan fingerprint density at radius 3 is 2.23 bits per heavy atom. The second-order valence-corrected chi connectivity index (χ2v) is 3.52. The maximum Gasteiger partial charge on any atom is 0.0900 e. The number of nitrogens with zero attached hydrogens (tertiary/aromatic N) is 1. The van der Waals surface area contributed by atoms with E-state index in [9.17, 15) is 5.11 Å². The number of aliphatic hydroxyl groups is 1. The highest BCUT2D eigenvalue weighted by molar-refractivity contribution is 4.68. The van der Waals surface area contributed by atoms with Crippen molar-refractivity contribution in [2.75, 3.05) is 27.3 Å². The van der Waals surface area contributed by atoms with E-state index in [4.69, 9.17) is 4.74 Å². The van der Waals surface area contributed by atoms with Crippen LogP contribution >= 0.6 is 0 Å². The average molecular weight is 189 g/mol. The second-order valence-electron chi connectivity index (χ2n) is 3.52. The minimum Gasteiger partial charge on any atom is -0.389 e. The van der Waals surface area contributed by atoms with Crippen LogP contribution in [0.4, 0.5) is 0 Å². The topological polar surface area (TPSA) is 32.7 Å². The van der Waals surface area contributed by atoms with Gasteiger partial charge in [0.05, 0.1) is 12.7 Å². The second kappa shape index (κ2) is 7.30. The molecule has 0 aromatic carbocycles. The van der Waals surface area contributed by atoms with E-state index in [0.29, 0.717) is 19.2 Å². The summed E-state index contributed by atoms with van der Waals surface area (Å²) in [7, 11) is 3.66. The molecule has 0 aromatic rings. The molecule has 0 saturated carbocycles. The molecular formula is C10H23NO2. The zero-order valence-corrected chi connectivity index (χ0v) is 9.29. The maximum atomic E-state index is 9.49. The van der Waals surface area contributed by atoms with Gasteiger partial charge < -0.3 is 14.7 Å². The zero-order valence-electron chi connectivity index (χ0n) is 9.29. The molecule has 0 spiro atoms. The quantitative estimate of drug-likeness (QED) is 0.651. The smallest absolute Gasteiger partial charge is 0.0900 e. The van der Waals surface area contributed by atoms with Gasteiger partial charge in [-0.05, 0) is 19.9 Å². The Labute approximate surface area is 81.7 Å². The minimum absolute atomic E-state index is 0.365. The predicted molar refractivity (Wildman–Crippen MR) is 54.9 cm³/mol. The van der Waals surface area contributed by atoms with Crippen LogP contribution in [0.3, 0.4) is 0 Å². The first kappa shape index (κ1) is 12.9. The van der Waals surface area contributed by atoms with Gasteiger partial charge in [0.25, 0.3) is 0 Å². The van der Waals surface area contributed by atoms with Crippen LogP contribution in [-0.4, -0.2) is 49.5 Å². The van der Waals surface area contributed by atoms with Crippen molar-refractivity contribution >= 4 is 0 Å². The third kappa shape index (κ3) is 5.24. The van der Waals surface area contributed by atoms with Crippen molar-refractivity contribution in [3.63, 3.8) is 0 Å². The molecule has 80 valence electrons. The third-order valence-electron chi connectivity index (χ3n) is 2.42. The molecule has 0 bridgehead atoms. The predicted octanol–water partition coefficient (Wildman–Crippen LogP) is 1.11. The highest BCUT2D eigenvalue weighted by Gasteiger charge is 2.13. The largest absolute Gasteiger partial charge is 0.389 e. The average Bonchev–Trinajstić information content (AvgIpc) is 2.06. The van der Waals surface area contributed by atoms with Crippen molar-refractivity contribution < 1.29 is 9.84 Å². The van der Waals surface area contributed by atoms with Gasteiger partial charge in [-0.1, -0.05) is 13.8 Å². The Kier molecular flexibility index (Phi) is 7.23. The lowest BCUT2D eigenvalue weighted by Crippen LogP contribution is -2.38. The Hall–Kier alpha value is -0.120. The van der Waals surface area contributed by atoms with Crippen molar-refractivity contribution in [3.8, 4) is 0 Å². The molecule has 1 N–H and O–H groups in total. The van der Waals surface area contributed by atoms with E-state index < -0.39 is 0 Å². The molecule has 3 heteroatoms. The molecule has 0 saturated heterocycles. The van der Waals surface area contributed by atoms with Crippen molar-refractivity contribution in [1.29, 1.82) is 0 Å². The fraction of sp³-hybridized carbons (Fsp3) is 1.00. The third-order valence-corrected chi connectivity index (χ3v) is 2.42. The van der Waals surface area contributed by atoms with Gasteiger partial charge in [0.15, 0.2) is 0 Å². The van der Waals surface area contributed by atoms with Crippen molar-refractivity contribution in [2.45, 2.75) is 38.8 Å². The van der Waals surface area contributed by atoms with E-state index in [1.54, 1.807) is 7.11 Å². The summed E-state index contributed by atoms with van der Waals surface area (Å²) in [5.74, 6) is 0. The number of methoxy groups -OCH3 is 1. The highest BCUT2D eigenvalue weighted by atomic mass is 16.5. The van der Waals surface area contributed by atoms with Crippen LogP contribution in [0.5, 0.6) is 0 Å². The van der Waals surface area contributed by atoms with E-state index in [2.05, 4.69) is 25.8 Å². The zero-order chi connectivity index (χ0) is 10.3. The standard InChI is InChI=1S/C10H23NO2/c1-5-9(6-2)11(3)7-10(12)8-13-4/h9-10,12H,5-8H2,1-4H3. The molecular weight excluding hydrogens is 166 g/mol. The first-order valence-electron chi connectivity index (χ1n) is 5.02. The van der Waals surface area contributed by atoms with Crippen LogP contribution in [-0.2, 0) is 4.74 Å². The van der Waals surface area contributed by atoms with Crippen molar-refractivity contribution in [1.82, 2.24) is 4.90 Å². The summed E-state index contributed by atoms with van der Waals surface area (Å²) in [5.41, 5.74) is 0. The van der Waals surface area contributed by atoms with Gasteiger partial charge >= 0.3 is 0 Å². The molecule has 0 aromatic heterocycles. The van der Waals surface area contributed by atoms with Crippen LogP contribution in [0.25, 0.3) is 0 Å². The number of ether oxygens (including phenoxy) is 1. The lowest BCUT2D eigenvalue weighted by atomic mass is 10.1. The summed E-state index contributed by atoms with van der Waals surface area (Å²) < 4.78 is 4.87. The molecule has 0 aliphatic heterocycles. The molecule has 13 heavy (non-hydrogen) atoms. The number of rotatable bonds is 7. The van der Waals surface area contributed by atoms with Crippen molar-refractivity contribution in [2.24, 2.45) is 0 Å². The summed E-state index contributed by atoms with van der Waals surface area (Å²) >= 11 is 0. The summed E-state index contributed by atoms with van der Waals surface area (Å²) in [5, 5.41) is 9.49. The number of aliphatic hydroxyl groups excluding tert-OH is 1. The van der Waals surface area contributed by atoms with Gasteiger partial charge in [-0.25, -0.2) is 0 Å². The van der Waals surface area contributed by atoms with Crippen LogP contribution in [0.2, 0.25) is 0 Å². The fourth-order valence-electron chi connectivity index (χ4n) is 1.64. The Morgan fingerprint density at radius 1 is 1.31 bits per heavy atom. The molecule has 0 aliphatic carbocycles. The molecule has 1 unspecified atom stereocenters. The fourth-order valence-corrected chi connectivity index (χ4v) is 1.64. The normalized spacial score (nSPS) is 14.1. The molecule has 0 radical (unpaired) electrons. The minimum atomic E-state index is -0.365. The number of hydrogen-bond acceptors (Lipinski definition) is 3. The number of likely N-dealkylation sites (N-methyl/N-ethyl adjacent to an activating group) is 1. The molecule has 3 nitrogen and oxygen atoms in total. The maximum absolute atomic E-state index is 9.49. The van der Waals surface area contributed by atoms with E-state index in [1.165, 1.54) is 0 Å². The van der Waals surface area contributed by atoms with Crippen LogP contribution in [0.1, 0.15) is 26.7 Å². The first-order chi connectivity index (χ1) is 6.15. The summed E-state index contributed by atoms with van der Waals surface area (Å²) in [6, 6.07) is 0.575. The van der Waals surface area contributed by atoms with E-state index >= 15 is 0 Å². The lowest BCUT2D eigenvalue weighted by molar-refractivity contribution is 0.0333. The van der Waals surface area contributed by atoms with E-state index in [-0.39, 0.29) is 6.10 Å². The summed E-state index contributed by atoms with van der Waals surface area (Å²) in [6.07, 6.45) is 1.90. The molecule has 0 amide bonds. The monoisotopic (exact) mass is 189 g/mol. The summed E-state index contributed by atoms with van der Waals surface area (Å²) in [4.78, 5) is 2.20. The van der Waals surface area contributed by atoms with Crippen LogP contribution in [0, 0.1) is 0 Å². The first-order valence-corrected chi connectivity index (χ1v) is 5.02. The Balaban J connectivity index is 3.75. The van der Waals surface area contributed by atoms with Crippen LogP contribution in [0.15, 0.2) is 0 Å². The Bertz CT molecular complexity index is 115. The molecule has 1 atom stereocenters. The van der Waals surface area contributed by atoms with Crippen LogP contribution < -0.4 is 0 Å². The van der Waals surface area contributed by atoms with Gasteiger partial charge in [-0.3, -0.25) is 0 Å². The van der Waals surface area contributed by atoms with Gasteiger partial charge in [0.1, 0.15) is 0 Å². The number of hydrogen-bond donors (Lipinski definition) is 1. The SMILES string of the molecule is CCC(CC)N(C)CC(O)COC. The molecule has 0 rings (SSSR count). The Morgan fingerprint density at radius 2 is 1.85 bits per heavy atom. The van der Waals surface area contributed by atoms with Gasteiger partial charge in [-0.15, -0.1) is 0 Å². The van der Waals surface area contributed by atoms with Gasteiger partial charge in [0, 0.05) is 19.7 Å². The van der Waals surface area contributed by atoms with E-state index in [1.807, 2.05) is 0 Å². The van der Waals surface area contributed by atoms with E-state index in [0.717, 1.165) is 12.8 Å². The highest BCUT2D eigenvalue weighted by Crippen LogP contribution is 2.06. The van der Waals surface area contributed by atoms with Crippen molar-refractivity contribution in [3.05, 3.63) is 0 Å². The molecule has 0 heterocycles.